The smallest absolute Gasteiger partial charge is 0.261 e. The van der Waals surface area contributed by atoms with Crippen LogP contribution in [-0.4, -0.2) is 52.9 Å². The highest BCUT2D eigenvalue weighted by Crippen LogP contribution is 2.30. The molecule has 1 atom stereocenters. The van der Waals surface area contributed by atoms with Crippen molar-refractivity contribution in [3.05, 3.63) is 53.9 Å². The van der Waals surface area contributed by atoms with Crippen LogP contribution in [0.25, 0.3) is 0 Å². The highest BCUT2D eigenvalue weighted by Gasteiger charge is 2.32. The molecule has 1 saturated heterocycles. The fourth-order valence-corrected chi connectivity index (χ4v) is 3.10. The molecule has 26 heavy (non-hydrogen) atoms. The Kier molecular flexibility index (Phi) is 5.78. The third-order valence-electron chi connectivity index (χ3n) is 4.27. The van der Waals surface area contributed by atoms with Crippen molar-refractivity contribution in [3.8, 4) is 5.75 Å². The number of ether oxygens (including phenoxy) is 1. The van der Waals surface area contributed by atoms with Crippen LogP contribution in [0.3, 0.4) is 0 Å². The van der Waals surface area contributed by atoms with Crippen LogP contribution in [0.2, 0.25) is 0 Å². The summed E-state index contributed by atoms with van der Waals surface area (Å²) in [5.74, 6) is 0.0808. The summed E-state index contributed by atoms with van der Waals surface area (Å²) in [5.41, 5.74) is 0.918. The van der Waals surface area contributed by atoms with E-state index in [2.05, 4.69) is 9.97 Å². The highest BCUT2D eigenvalue weighted by molar-refractivity contribution is 5.78. The molecule has 0 radical (unpaired) electrons. The number of hydrogen-bond acceptors (Lipinski definition) is 5. The average Bonchev–Trinajstić information content (AvgIpc) is 3.10. The molecule has 0 N–H and O–H groups in total. The lowest BCUT2D eigenvalue weighted by Gasteiger charge is -2.24. The fraction of sp³-hybridized carbons (Fsp3) is 0.421. The number of para-hydroxylation sites is 1. The predicted octanol–water partition coefficient (Wildman–Crippen LogP) is 2.42. The molecule has 1 fully saturated rings. The van der Waals surface area contributed by atoms with Gasteiger partial charge in [-0.25, -0.2) is 14.4 Å². The van der Waals surface area contributed by atoms with Crippen molar-refractivity contribution < 1.29 is 13.9 Å². The normalized spacial score (nSPS) is 16.9. The average molecular weight is 358 g/mol. The summed E-state index contributed by atoms with van der Waals surface area (Å²) in [4.78, 5) is 25.3. The summed E-state index contributed by atoms with van der Waals surface area (Å²) >= 11 is 0. The van der Waals surface area contributed by atoms with Crippen molar-refractivity contribution in [1.29, 1.82) is 0 Å². The Morgan fingerprint density at radius 3 is 2.92 bits per heavy atom. The number of rotatable bonds is 6. The molecule has 1 unspecified atom stereocenters. The van der Waals surface area contributed by atoms with E-state index in [0.717, 1.165) is 18.5 Å². The third kappa shape index (κ3) is 4.35. The van der Waals surface area contributed by atoms with Crippen molar-refractivity contribution in [2.45, 2.75) is 25.4 Å². The molecule has 3 rings (SSSR count). The number of aromatic nitrogens is 2. The van der Waals surface area contributed by atoms with Crippen LogP contribution in [0.5, 0.6) is 5.75 Å². The summed E-state index contributed by atoms with van der Waals surface area (Å²) < 4.78 is 19.0. The molecule has 2 heterocycles. The molecular formula is C19H23FN4O2. The summed E-state index contributed by atoms with van der Waals surface area (Å²) in [6.07, 6.45) is 3.44. The number of hydrogen-bond donors (Lipinski definition) is 0. The van der Waals surface area contributed by atoms with Gasteiger partial charge in [-0.2, -0.15) is 0 Å². The molecule has 1 aliphatic heterocycles. The van der Waals surface area contributed by atoms with Crippen molar-refractivity contribution in [2.75, 3.05) is 27.2 Å². The molecular weight excluding hydrogens is 335 g/mol. The van der Waals surface area contributed by atoms with Gasteiger partial charge in [-0.1, -0.05) is 12.1 Å². The number of nitrogens with zero attached hydrogens (tertiary/aromatic N) is 4. The van der Waals surface area contributed by atoms with E-state index in [1.54, 1.807) is 23.2 Å². The zero-order valence-corrected chi connectivity index (χ0v) is 15.1. The van der Waals surface area contributed by atoms with Crippen molar-refractivity contribution in [1.82, 2.24) is 19.8 Å². The lowest BCUT2D eigenvalue weighted by atomic mass is 10.2. The number of likely N-dealkylation sites (tertiary alicyclic amines) is 1. The van der Waals surface area contributed by atoms with Gasteiger partial charge in [0.1, 0.15) is 0 Å². The monoisotopic (exact) mass is 358 g/mol. The van der Waals surface area contributed by atoms with Gasteiger partial charge in [0.25, 0.3) is 5.91 Å². The predicted molar refractivity (Wildman–Crippen MR) is 95.0 cm³/mol. The lowest BCUT2D eigenvalue weighted by Crippen LogP contribution is -2.35. The maximum Gasteiger partial charge on any atom is 0.261 e. The molecule has 6 nitrogen and oxygen atoms in total. The van der Waals surface area contributed by atoms with Gasteiger partial charge in [0.2, 0.25) is 0 Å². The maximum atomic E-state index is 13.6. The topological polar surface area (TPSA) is 58.6 Å². The van der Waals surface area contributed by atoms with E-state index in [9.17, 15) is 9.18 Å². The Labute approximate surface area is 152 Å². The quantitative estimate of drug-likeness (QED) is 0.794. The molecule has 1 aromatic heterocycles. The maximum absolute atomic E-state index is 13.6. The Morgan fingerprint density at radius 1 is 1.35 bits per heavy atom. The molecule has 2 aromatic rings. The second-order valence-corrected chi connectivity index (χ2v) is 6.61. The molecule has 0 aliphatic carbocycles. The molecule has 7 heteroatoms. The first-order valence-electron chi connectivity index (χ1n) is 8.68. The first kappa shape index (κ1) is 18.3. The molecule has 0 bridgehead atoms. The number of benzene rings is 1. The highest BCUT2D eigenvalue weighted by atomic mass is 19.1. The molecule has 1 aromatic carbocycles. The minimum absolute atomic E-state index is 0.0841. The van der Waals surface area contributed by atoms with Crippen molar-refractivity contribution in [2.24, 2.45) is 0 Å². The number of carbonyl (C=O) groups is 1. The van der Waals surface area contributed by atoms with Crippen molar-refractivity contribution in [3.63, 3.8) is 0 Å². The van der Waals surface area contributed by atoms with E-state index in [-0.39, 0.29) is 24.3 Å². The largest absolute Gasteiger partial charge is 0.481 e. The molecule has 1 amide bonds. The summed E-state index contributed by atoms with van der Waals surface area (Å²) in [6.45, 7) is 1.15. The minimum Gasteiger partial charge on any atom is -0.481 e. The Balaban J connectivity index is 1.68. The molecule has 138 valence electrons. The van der Waals surface area contributed by atoms with Gasteiger partial charge in [0.05, 0.1) is 11.7 Å². The van der Waals surface area contributed by atoms with Crippen LogP contribution in [-0.2, 0) is 11.3 Å². The molecule has 0 spiro atoms. The number of halogens is 1. The second kappa shape index (κ2) is 8.23. The molecule has 0 saturated carbocycles. The van der Waals surface area contributed by atoms with Crippen LogP contribution in [0, 0.1) is 5.82 Å². The second-order valence-electron chi connectivity index (χ2n) is 6.61. The van der Waals surface area contributed by atoms with E-state index in [0.29, 0.717) is 18.9 Å². The summed E-state index contributed by atoms with van der Waals surface area (Å²) in [5, 5.41) is 0. The summed E-state index contributed by atoms with van der Waals surface area (Å²) in [6, 6.07) is 7.80. The van der Waals surface area contributed by atoms with Gasteiger partial charge in [-0.05, 0) is 45.1 Å². The van der Waals surface area contributed by atoms with Gasteiger partial charge < -0.3 is 14.5 Å². The van der Waals surface area contributed by atoms with Crippen LogP contribution >= 0.6 is 0 Å². The number of amides is 1. The molecule has 1 aliphatic rings. The van der Waals surface area contributed by atoms with Gasteiger partial charge in [0, 0.05) is 19.3 Å². The van der Waals surface area contributed by atoms with Gasteiger partial charge in [0.15, 0.2) is 24.0 Å². The van der Waals surface area contributed by atoms with Crippen molar-refractivity contribution >= 4 is 5.91 Å². The summed E-state index contributed by atoms with van der Waals surface area (Å²) in [7, 11) is 3.96. The first-order valence-corrected chi connectivity index (χ1v) is 8.68. The van der Waals surface area contributed by atoms with Crippen LogP contribution in [0.15, 0.2) is 36.5 Å². The van der Waals surface area contributed by atoms with Gasteiger partial charge in [-0.15, -0.1) is 0 Å². The van der Waals surface area contributed by atoms with Gasteiger partial charge in [-0.3, -0.25) is 4.79 Å². The fourth-order valence-electron chi connectivity index (χ4n) is 3.10. The standard InChI is InChI=1S/C19H23FN4O2/c1-23(2)12-14-9-10-21-19(22-14)16-7-5-11-24(16)18(25)13-26-17-8-4-3-6-15(17)20/h3-4,6,8-10,16H,5,7,11-13H2,1-2H3. The minimum atomic E-state index is -0.474. The van der Waals surface area contributed by atoms with Crippen LogP contribution in [0.1, 0.15) is 30.4 Å². The Hall–Kier alpha value is -2.54. The Bertz CT molecular complexity index is 769. The van der Waals surface area contributed by atoms with E-state index in [1.807, 2.05) is 25.1 Å². The first-order chi connectivity index (χ1) is 12.5. The van der Waals surface area contributed by atoms with Crippen LogP contribution < -0.4 is 4.74 Å². The third-order valence-corrected chi connectivity index (χ3v) is 4.27. The zero-order chi connectivity index (χ0) is 18.5. The van der Waals surface area contributed by atoms with E-state index < -0.39 is 5.82 Å². The van der Waals surface area contributed by atoms with E-state index in [4.69, 9.17) is 4.74 Å². The van der Waals surface area contributed by atoms with Crippen LogP contribution in [0.4, 0.5) is 4.39 Å². The lowest BCUT2D eigenvalue weighted by molar-refractivity contribution is -0.134. The zero-order valence-electron chi connectivity index (χ0n) is 15.1. The number of carbonyl (C=O) groups excluding carboxylic acids is 1. The Morgan fingerprint density at radius 2 is 2.15 bits per heavy atom. The van der Waals surface area contributed by atoms with E-state index in [1.165, 1.54) is 12.1 Å². The van der Waals surface area contributed by atoms with E-state index >= 15 is 0 Å². The van der Waals surface area contributed by atoms with Gasteiger partial charge >= 0.3 is 0 Å². The SMILES string of the molecule is CN(C)Cc1ccnc(C2CCCN2C(=O)COc2ccccc2F)n1.